The summed E-state index contributed by atoms with van der Waals surface area (Å²) in [6, 6.07) is 3.08. The summed E-state index contributed by atoms with van der Waals surface area (Å²) in [5.74, 6) is -0.124. The molecule has 1 aromatic heterocycles. The third-order valence-corrected chi connectivity index (χ3v) is 3.53. The van der Waals surface area contributed by atoms with Gasteiger partial charge in [-0.2, -0.15) is 0 Å². The number of aromatic nitrogens is 1. The lowest BCUT2D eigenvalue weighted by Crippen LogP contribution is -2.38. The van der Waals surface area contributed by atoms with E-state index in [1.54, 1.807) is 19.3 Å². The first kappa shape index (κ1) is 13.8. The predicted molar refractivity (Wildman–Crippen MR) is 73.1 cm³/mol. The van der Waals surface area contributed by atoms with Crippen LogP contribution in [0.5, 0.6) is 0 Å². The summed E-state index contributed by atoms with van der Waals surface area (Å²) in [5, 5.41) is 2.87. The van der Waals surface area contributed by atoms with Gasteiger partial charge in [0.1, 0.15) is 0 Å². The van der Waals surface area contributed by atoms with Crippen LogP contribution in [0.25, 0.3) is 0 Å². The first-order valence-corrected chi connectivity index (χ1v) is 6.71. The summed E-state index contributed by atoms with van der Waals surface area (Å²) < 4.78 is 7.07. The van der Waals surface area contributed by atoms with Gasteiger partial charge in [-0.05, 0) is 25.3 Å². The lowest BCUT2D eigenvalue weighted by atomic mass is 9.92. The average molecular weight is 264 g/mol. The van der Waals surface area contributed by atoms with Crippen LogP contribution >= 0.6 is 0 Å². The number of ether oxygens (including phenoxy) is 1. The minimum absolute atomic E-state index is 0.00119. The van der Waals surface area contributed by atoms with Crippen molar-refractivity contribution in [3.63, 3.8) is 0 Å². The van der Waals surface area contributed by atoms with Crippen LogP contribution in [0.4, 0.5) is 5.69 Å². The highest BCUT2D eigenvalue weighted by molar-refractivity contribution is 5.92. The smallest absolute Gasteiger partial charge is 0.250 e. The van der Waals surface area contributed by atoms with E-state index in [0.29, 0.717) is 5.69 Å². The average Bonchev–Trinajstić information content (AvgIpc) is 2.43. The van der Waals surface area contributed by atoms with Gasteiger partial charge in [0.2, 0.25) is 11.5 Å². The molecule has 2 heterocycles. The van der Waals surface area contributed by atoms with Gasteiger partial charge in [0.25, 0.3) is 0 Å². The largest absolute Gasteiger partial charge is 0.377 e. The minimum atomic E-state index is -0.101. The van der Waals surface area contributed by atoms with E-state index < -0.39 is 0 Å². The SMILES string of the molecule is CC[C@@H]1OCCC[C@@H]1C(=O)Nc1ccc(=O)n(C)c1. The Bertz CT molecular complexity index is 510. The second-order valence-electron chi connectivity index (χ2n) is 4.92. The van der Waals surface area contributed by atoms with Crippen LogP contribution in [0.1, 0.15) is 26.2 Å². The van der Waals surface area contributed by atoms with Gasteiger partial charge < -0.3 is 14.6 Å². The minimum Gasteiger partial charge on any atom is -0.377 e. The molecule has 0 aliphatic carbocycles. The van der Waals surface area contributed by atoms with Crippen molar-refractivity contribution in [2.75, 3.05) is 11.9 Å². The van der Waals surface area contributed by atoms with Crippen molar-refractivity contribution in [1.82, 2.24) is 4.57 Å². The van der Waals surface area contributed by atoms with Gasteiger partial charge in [0, 0.05) is 25.9 Å². The Morgan fingerprint density at radius 2 is 2.32 bits per heavy atom. The van der Waals surface area contributed by atoms with Gasteiger partial charge in [0.15, 0.2) is 0 Å². The van der Waals surface area contributed by atoms with E-state index in [1.807, 2.05) is 6.92 Å². The quantitative estimate of drug-likeness (QED) is 0.900. The zero-order valence-electron chi connectivity index (χ0n) is 11.4. The lowest BCUT2D eigenvalue weighted by molar-refractivity contribution is -0.129. The van der Waals surface area contributed by atoms with Gasteiger partial charge in [-0.15, -0.1) is 0 Å². The summed E-state index contributed by atoms with van der Waals surface area (Å²) in [5.41, 5.74) is 0.554. The standard InChI is InChI=1S/C14H20N2O3/c1-3-12-11(5-4-8-19-12)14(18)15-10-6-7-13(17)16(2)9-10/h6-7,9,11-12H,3-5,8H2,1-2H3,(H,15,18)/t11-,12-/m0/s1. The highest BCUT2D eigenvalue weighted by Crippen LogP contribution is 2.24. The molecule has 2 atom stereocenters. The fraction of sp³-hybridized carbons (Fsp3) is 0.571. The molecule has 5 nitrogen and oxygen atoms in total. The summed E-state index contributed by atoms with van der Waals surface area (Å²) in [6.45, 7) is 2.77. The predicted octanol–water partition coefficient (Wildman–Crippen LogP) is 1.53. The molecule has 1 amide bonds. The van der Waals surface area contributed by atoms with E-state index in [0.717, 1.165) is 25.9 Å². The maximum atomic E-state index is 12.3. The molecule has 1 saturated heterocycles. The fourth-order valence-electron chi connectivity index (χ4n) is 2.45. The number of pyridine rings is 1. The molecule has 5 heteroatoms. The molecular formula is C14H20N2O3. The second kappa shape index (κ2) is 6.02. The number of aryl methyl sites for hydroxylation is 1. The van der Waals surface area contributed by atoms with Gasteiger partial charge in [-0.3, -0.25) is 9.59 Å². The van der Waals surface area contributed by atoms with Gasteiger partial charge in [0.05, 0.1) is 17.7 Å². The summed E-state index contributed by atoms with van der Waals surface area (Å²) in [4.78, 5) is 23.5. The molecule has 0 unspecified atom stereocenters. The summed E-state index contributed by atoms with van der Waals surface area (Å²) >= 11 is 0. The van der Waals surface area contributed by atoms with Crippen molar-refractivity contribution < 1.29 is 9.53 Å². The maximum absolute atomic E-state index is 12.3. The first-order chi connectivity index (χ1) is 9.11. The molecule has 1 N–H and O–H groups in total. The first-order valence-electron chi connectivity index (χ1n) is 6.71. The lowest BCUT2D eigenvalue weighted by Gasteiger charge is -2.30. The van der Waals surface area contributed by atoms with Crippen LogP contribution in [0.15, 0.2) is 23.1 Å². The van der Waals surface area contributed by atoms with E-state index in [1.165, 1.54) is 10.6 Å². The van der Waals surface area contributed by atoms with Crippen LogP contribution in [-0.2, 0) is 16.6 Å². The van der Waals surface area contributed by atoms with Crippen molar-refractivity contribution in [3.05, 3.63) is 28.7 Å². The number of amides is 1. The Balaban J connectivity index is 2.07. The molecule has 0 spiro atoms. The van der Waals surface area contributed by atoms with Gasteiger partial charge in [-0.1, -0.05) is 6.92 Å². The van der Waals surface area contributed by atoms with Gasteiger partial charge in [-0.25, -0.2) is 0 Å². The van der Waals surface area contributed by atoms with Crippen LogP contribution in [0, 0.1) is 5.92 Å². The Morgan fingerprint density at radius 1 is 1.53 bits per heavy atom. The number of nitrogens with zero attached hydrogens (tertiary/aromatic N) is 1. The van der Waals surface area contributed by atoms with Crippen molar-refractivity contribution in [3.8, 4) is 0 Å². The van der Waals surface area contributed by atoms with E-state index in [-0.39, 0.29) is 23.5 Å². The molecule has 1 aliphatic heterocycles. The number of rotatable bonds is 3. The number of carbonyl (C=O) groups is 1. The third kappa shape index (κ3) is 3.23. The highest BCUT2D eigenvalue weighted by atomic mass is 16.5. The van der Waals surface area contributed by atoms with Crippen LogP contribution < -0.4 is 10.9 Å². The number of hydrogen-bond donors (Lipinski definition) is 1. The molecular weight excluding hydrogens is 244 g/mol. The molecule has 0 saturated carbocycles. The topological polar surface area (TPSA) is 60.3 Å². The Morgan fingerprint density at radius 3 is 3.00 bits per heavy atom. The molecule has 0 bridgehead atoms. The number of carbonyl (C=O) groups excluding carboxylic acids is 1. The molecule has 1 fully saturated rings. The monoisotopic (exact) mass is 264 g/mol. The van der Waals surface area contributed by atoms with Gasteiger partial charge >= 0.3 is 0 Å². The molecule has 104 valence electrons. The summed E-state index contributed by atoms with van der Waals surface area (Å²) in [6.07, 6.45) is 4.25. The van der Waals surface area contributed by atoms with Crippen molar-refractivity contribution in [1.29, 1.82) is 0 Å². The number of anilines is 1. The van der Waals surface area contributed by atoms with Crippen LogP contribution in [0.3, 0.4) is 0 Å². The molecule has 0 radical (unpaired) electrons. The van der Waals surface area contributed by atoms with Crippen molar-refractivity contribution in [2.45, 2.75) is 32.3 Å². The van der Waals surface area contributed by atoms with E-state index in [9.17, 15) is 9.59 Å². The summed E-state index contributed by atoms with van der Waals surface area (Å²) in [7, 11) is 1.66. The molecule has 2 rings (SSSR count). The van der Waals surface area contributed by atoms with Crippen LogP contribution in [0.2, 0.25) is 0 Å². The van der Waals surface area contributed by atoms with E-state index in [4.69, 9.17) is 4.74 Å². The molecule has 1 aromatic rings. The van der Waals surface area contributed by atoms with Crippen molar-refractivity contribution in [2.24, 2.45) is 13.0 Å². The number of hydrogen-bond acceptors (Lipinski definition) is 3. The third-order valence-electron chi connectivity index (χ3n) is 3.53. The molecule has 19 heavy (non-hydrogen) atoms. The zero-order chi connectivity index (χ0) is 13.8. The fourth-order valence-corrected chi connectivity index (χ4v) is 2.45. The Labute approximate surface area is 112 Å². The second-order valence-corrected chi connectivity index (χ2v) is 4.92. The molecule has 1 aliphatic rings. The van der Waals surface area contributed by atoms with Crippen molar-refractivity contribution >= 4 is 11.6 Å². The maximum Gasteiger partial charge on any atom is 0.250 e. The van der Waals surface area contributed by atoms with E-state index >= 15 is 0 Å². The highest BCUT2D eigenvalue weighted by Gasteiger charge is 2.30. The zero-order valence-corrected chi connectivity index (χ0v) is 11.4. The number of nitrogens with one attached hydrogen (secondary N) is 1. The van der Waals surface area contributed by atoms with Crippen LogP contribution in [-0.4, -0.2) is 23.2 Å². The van der Waals surface area contributed by atoms with E-state index in [2.05, 4.69) is 5.32 Å². The Hall–Kier alpha value is -1.62. The normalized spacial score (nSPS) is 23.1. The molecule has 0 aromatic carbocycles. The Kier molecular flexibility index (Phi) is 4.37.